The van der Waals surface area contributed by atoms with Crippen LogP contribution in [0.25, 0.3) is 0 Å². The number of rotatable bonds is 4. The van der Waals surface area contributed by atoms with Crippen LogP contribution in [0.2, 0.25) is 0 Å². The Morgan fingerprint density at radius 3 is 2.80 bits per heavy atom. The van der Waals surface area contributed by atoms with Gasteiger partial charge in [-0.15, -0.1) is 0 Å². The smallest absolute Gasteiger partial charge is 0.289 e. The van der Waals surface area contributed by atoms with Crippen molar-refractivity contribution < 1.29 is 17.6 Å². The summed E-state index contributed by atoms with van der Waals surface area (Å²) in [6.45, 7) is 5.00. The molecule has 20 heavy (non-hydrogen) atoms. The van der Waals surface area contributed by atoms with Crippen molar-refractivity contribution in [3.05, 3.63) is 17.6 Å². The van der Waals surface area contributed by atoms with Crippen molar-refractivity contribution in [1.82, 2.24) is 4.90 Å². The molecule has 0 radical (unpaired) electrons. The summed E-state index contributed by atoms with van der Waals surface area (Å²) in [5, 5.41) is 0. The first-order valence-corrected chi connectivity index (χ1v) is 8.98. The molecular formula is C13H18ClNO4S. The van der Waals surface area contributed by atoms with E-state index in [1.165, 1.54) is 13.0 Å². The quantitative estimate of drug-likeness (QED) is 0.800. The van der Waals surface area contributed by atoms with E-state index in [-0.39, 0.29) is 22.3 Å². The van der Waals surface area contributed by atoms with Gasteiger partial charge in [-0.25, -0.2) is 8.42 Å². The van der Waals surface area contributed by atoms with Crippen molar-refractivity contribution in [3.63, 3.8) is 0 Å². The van der Waals surface area contributed by atoms with Crippen LogP contribution in [0.5, 0.6) is 0 Å². The summed E-state index contributed by atoms with van der Waals surface area (Å²) in [7, 11) is 1.41. The molecule has 1 aromatic heterocycles. The number of furan rings is 1. The molecule has 2 rings (SSSR count). The Balaban J connectivity index is 2.15. The van der Waals surface area contributed by atoms with Gasteiger partial charge in [-0.1, -0.05) is 13.3 Å². The van der Waals surface area contributed by atoms with E-state index in [1.54, 1.807) is 4.90 Å². The highest BCUT2D eigenvalue weighted by atomic mass is 35.7. The summed E-state index contributed by atoms with van der Waals surface area (Å²) in [6, 6.07) is 1.22. The molecule has 7 heteroatoms. The van der Waals surface area contributed by atoms with Gasteiger partial charge in [0.05, 0.1) is 0 Å². The van der Waals surface area contributed by atoms with E-state index in [0.717, 1.165) is 19.3 Å². The van der Waals surface area contributed by atoms with Crippen molar-refractivity contribution >= 4 is 25.6 Å². The summed E-state index contributed by atoms with van der Waals surface area (Å²) in [6.07, 6.45) is 3.18. The molecule has 1 unspecified atom stereocenters. The SMILES string of the molecule is CCCC1CCN(C(=O)c2cc(S(=O)(=O)Cl)c(C)o2)C1. The normalized spacial score (nSPS) is 19.6. The third-order valence-corrected chi connectivity index (χ3v) is 5.05. The van der Waals surface area contributed by atoms with Crippen LogP contribution in [0.4, 0.5) is 0 Å². The topological polar surface area (TPSA) is 67.6 Å². The lowest BCUT2D eigenvalue weighted by Gasteiger charge is -2.14. The number of amides is 1. The van der Waals surface area contributed by atoms with Gasteiger partial charge in [-0.2, -0.15) is 0 Å². The fourth-order valence-electron chi connectivity index (χ4n) is 2.63. The Morgan fingerprint density at radius 2 is 2.25 bits per heavy atom. The molecule has 0 N–H and O–H groups in total. The molecule has 2 heterocycles. The molecule has 0 aliphatic carbocycles. The molecule has 0 aromatic carbocycles. The van der Waals surface area contributed by atoms with E-state index in [1.807, 2.05) is 0 Å². The second-order valence-electron chi connectivity index (χ2n) is 5.16. The number of hydrogen-bond donors (Lipinski definition) is 0. The predicted octanol–water partition coefficient (Wildman–Crippen LogP) is 2.78. The van der Waals surface area contributed by atoms with E-state index in [4.69, 9.17) is 15.1 Å². The zero-order valence-corrected chi connectivity index (χ0v) is 13.1. The Labute approximate surface area is 123 Å². The van der Waals surface area contributed by atoms with Crippen molar-refractivity contribution in [1.29, 1.82) is 0 Å². The van der Waals surface area contributed by atoms with E-state index >= 15 is 0 Å². The molecule has 0 saturated carbocycles. The lowest BCUT2D eigenvalue weighted by molar-refractivity contribution is 0.0753. The summed E-state index contributed by atoms with van der Waals surface area (Å²) in [4.78, 5) is 13.9. The monoisotopic (exact) mass is 319 g/mol. The number of nitrogens with zero attached hydrogens (tertiary/aromatic N) is 1. The minimum absolute atomic E-state index is 0.0406. The van der Waals surface area contributed by atoms with Gasteiger partial charge in [0.1, 0.15) is 10.7 Å². The molecule has 112 valence electrons. The van der Waals surface area contributed by atoms with Gasteiger partial charge in [-0.3, -0.25) is 4.79 Å². The highest BCUT2D eigenvalue weighted by Crippen LogP contribution is 2.27. The van der Waals surface area contributed by atoms with Crippen LogP contribution in [0.3, 0.4) is 0 Å². The standard InChI is InChI=1S/C13H18ClNO4S/c1-3-4-10-5-6-15(8-10)13(16)11-7-12(9(2)19-11)20(14,17)18/h7,10H,3-6,8H2,1-2H3. The lowest BCUT2D eigenvalue weighted by atomic mass is 10.0. The second kappa shape index (κ2) is 5.77. The maximum absolute atomic E-state index is 12.3. The highest BCUT2D eigenvalue weighted by Gasteiger charge is 2.30. The molecule has 0 bridgehead atoms. The van der Waals surface area contributed by atoms with Gasteiger partial charge in [-0.05, 0) is 25.7 Å². The molecule has 1 amide bonds. The van der Waals surface area contributed by atoms with E-state index in [9.17, 15) is 13.2 Å². The van der Waals surface area contributed by atoms with Crippen LogP contribution in [-0.2, 0) is 9.05 Å². The van der Waals surface area contributed by atoms with E-state index in [2.05, 4.69) is 6.92 Å². The minimum atomic E-state index is -3.88. The molecule has 1 fully saturated rings. The molecule has 1 atom stereocenters. The van der Waals surface area contributed by atoms with Crippen molar-refractivity contribution in [2.75, 3.05) is 13.1 Å². The molecule has 1 aromatic rings. The molecule has 0 spiro atoms. The number of carbonyl (C=O) groups is 1. The van der Waals surface area contributed by atoms with Gasteiger partial charge in [0.15, 0.2) is 5.76 Å². The Kier molecular flexibility index (Phi) is 4.44. The molecule has 1 aliphatic heterocycles. The van der Waals surface area contributed by atoms with Crippen LogP contribution in [-0.4, -0.2) is 32.3 Å². The first-order chi connectivity index (χ1) is 9.32. The van der Waals surface area contributed by atoms with Crippen LogP contribution in [0.15, 0.2) is 15.4 Å². The summed E-state index contributed by atoms with van der Waals surface area (Å²) < 4.78 is 27.9. The van der Waals surface area contributed by atoms with Crippen LogP contribution in [0, 0.1) is 12.8 Å². The summed E-state index contributed by atoms with van der Waals surface area (Å²) in [5.41, 5.74) is 0. The summed E-state index contributed by atoms with van der Waals surface area (Å²) >= 11 is 0. The van der Waals surface area contributed by atoms with Crippen molar-refractivity contribution in [2.45, 2.75) is 38.0 Å². The first kappa shape index (κ1) is 15.4. The fraction of sp³-hybridized carbons (Fsp3) is 0.615. The van der Waals surface area contributed by atoms with E-state index in [0.29, 0.717) is 19.0 Å². The van der Waals surface area contributed by atoms with Crippen LogP contribution < -0.4 is 0 Å². The molecular weight excluding hydrogens is 302 g/mol. The number of hydrogen-bond acceptors (Lipinski definition) is 4. The average Bonchev–Trinajstić information content (AvgIpc) is 2.94. The Hall–Kier alpha value is -1.01. The average molecular weight is 320 g/mol. The maximum Gasteiger partial charge on any atom is 0.289 e. The van der Waals surface area contributed by atoms with Gasteiger partial charge in [0, 0.05) is 29.8 Å². The van der Waals surface area contributed by atoms with E-state index < -0.39 is 9.05 Å². The van der Waals surface area contributed by atoms with Crippen LogP contribution in [0.1, 0.15) is 42.5 Å². The number of carbonyl (C=O) groups excluding carboxylic acids is 1. The van der Waals surface area contributed by atoms with Crippen LogP contribution >= 0.6 is 10.7 Å². The Morgan fingerprint density at radius 1 is 1.55 bits per heavy atom. The first-order valence-electron chi connectivity index (χ1n) is 6.67. The lowest BCUT2D eigenvalue weighted by Crippen LogP contribution is -2.28. The van der Waals surface area contributed by atoms with Gasteiger partial charge in [0.25, 0.3) is 15.0 Å². The minimum Gasteiger partial charge on any atom is -0.455 e. The highest BCUT2D eigenvalue weighted by molar-refractivity contribution is 8.13. The number of halogens is 1. The largest absolute Gasteiger partial charge is 0.455 e. The Bertz CT molecular complexity index is 608. The second-order valence-corrected chi connectivity index (χ2v) is 7.70. The molecule has 1 saturated heterocycles. The number of aryl methyl sites for hydroxylation is 1. The van der Waals surface area contributed by atoms with Crippen molar-refractivity contribution in [3.8, 4) is 0 Å². The molecule has 1 aliphatic rings. The van der Waals surface area contributed by atoms with Gasteiger partial charge < -0.3 is 9.32 Å². The third-order valence-electron chi connectivity index (χ3n) is 3.62. The zero-order valence-electron chi connectivity index (χ0n) is 11.6. The predicted molar refractivity (Wildman–Crippen MR) is 75.4 cm³/mol. The van der Waals surface area contributed by atoms with Crippen molar-refractivity contribution in [2.24, 2.45) is 5.92 Å². The molecule has 5 nitrogen and oxygen atoms in total. The fourth-order valence-corrected chi connectivity index (χ4v) is 3.72. The van der Waals surface area contributed by atoms with Gasteiger partial charge >= 0.3 is 0 Å². The maximum atomic E-state index is 12.3. The zero-order chi connectivity index (χ0) is 14.9. The third kappa shape index (κ3) is 3.17. The van der Waals surface area contributed by atoms with Gasteiger partial charge in [0.2, 0.25) is 0 Å². The number of likely N-dealkylation sites (tertiary alicyclic amines) is 1. The summed E-state index contributed by atoms with van der Waals surface area (Å²) in [5.74, 6) is 0.445.